The third-order valence-corrected chi connectivity index (χ3v) is 2.55. The highest BCUT2D eigenvalue weighted by Gasteiger charge is 2.27. The first-order valence-corrected chi connectivity index (χ1v) is 5.22. The van der Waals surface area contributed by atoms with Crippen molar-refractivity contribution in [3.05, 3.63) is 23.2 Å². The molecule has 0 saturated heterocycles. The van der Waals surface area contributed by atoms with Gasteiger partial charge in [0.2, 0.25) is 0 Å². The van der Waals surface area contributed by atoms with Gasteiger partial charge >= 0.3 is 0 Å². The minimum absolute atomic E-state index is 0.0280. The van der Waals surface area contributed by atoms with E-state index in [9.17, 15) is 4.79 Å². The van der Waals surface area contributed by atoms with Crippen molar-refractivity contribution in [2.24, 2.45) is 0 Å². The van der Waals surface area contributed by atoms with Crippen molar-refractivity contribution in [2.45, 2.75) is 19.9 Å². The number of amides is 1. The average Bonchev–Trinajstić information content (AvgIpc) is 2.16. The SMILES string of the molecule is CC(C)N1C(=O)COc2ccc(Cl)cc21. The summed E-state index contributed by atoms with van der Waals surface area (Å²) in [6, 6.07) is 5.42. The number of rotatable bonds is 1. The first-order chi connectivity index (χ1) is 7.09. The second kappa shape index (κ2) is 3.74. The molecule has 2 rings (SSSR count). The molecule has 0 N–H and O–H groups in total. The average molecular weight is 226 g/mol. The van der Waals surface area contributed by atoms with Crippen LogP contribution in [0, 0.1) is 0 Å². The Morgan fingerprint density at radius 3 is 2.87 bits per heavy atom. The van der Waals surface area contributed by atoms with Gasteiger partial charge in [0.1, 0.15) is 5.75 Å². The Kier molecular flexibility index (Phi) is 2.57. The van der Waals surface area contributed by atoms with E-state index in [1.807, 2.05) is 13.8 Å². The first-order valence-electron chi connectivity index (χ1n) is 4.84. The quantitative estimate of drug-likeness (QED) is 0.735. The van der Waals surface area contributed by atoms with Gasteiger partial charge < -0.3 is 9.64 Å². The molecule has 0 radical (unpaired) electrons. The Morgan fingerprint density at radius 2 is 2.20 bits per heavy atom. The Bertz CT molecular complexity index is 404. The zero-order valence-electron chi connectivity index (χ0n) is 8.66. The standard InChI is InChI=1S/C11H12ClNO2/c1-7(2)13-9-5-8(12)3-4-10(9)15-6-11(13)14/h3-5,7H,6H2,1-2H3. The summed E-state index contributed by atoms with van der Waals surface area (Å²) in [6.07, 6.45) is 0. The van der Waals surface area contributed by atoms with Crippen LogP contribution in [0.5, 0.6) is 5.75 Å². The van der Waals surface area contributed by atoms with E-state index in [-0.39, 0.29) is 18.6 Å². The van der Waals surface area contributed by atoms with E-state index < -0.39 is 0 Å². The fourth-order valence-electron chi connectivity index (χ4n) is 1.71. The van der Waals surface area contributed by atoms with E-state index >= 15 is 0 Å². The largest absolute Gasteiger partial charge is 0.482 e. The maximum Gasteiger partial charge on any atom is 0.265 e. The summed E-state index contributed by atoms with van der Waals surface area (Å²) in [5.41, 5.74) is 0.758. The molecule has 0 bridgehead atoms. The molecule has 0 fully saturated rings. The van der Waals surface area contributed by atoms with E-state index in [0.717, 1.165) is 5.69 Å². The van der Waals surface area contributed by atoms with Crippen molar-refractivity contribution < 1.29 is 9.53 Å². The van der Waals surface area contributed by atoms with Gasteiger partial charge in [-0.05, 0) is 32.0 Å². The second-order valence-corrected chi connectivity index (χ2v) is 4.19. The van der Waals surface area contributed by atoms with Crippen LogP contribution < -0.4 is 9.64 Å². The molecule has 4 heteroatoms. The molecular weight excluding hydrogens is 214 g/mol. The van der Waals surface area contributed by atoms with Crippen LogP contribution in [0.3, 0.4) is 0 Å². The number of anilines is 1. The summed E-state index contributed by atoms with van der Waals surface area (Å²) in [4.78, 5) is 13.4. The molecule has 0 spiro atoms. The number of hydrogen-bond donors (Lipinski definition) is 0. The zero-order chi connectivity index (χ0) is 11.0. The topological polar surface area (TPSA) is 29.5 Å². The molecule has 15 heavy (non-hydrogen) atoms. The summed E-state index contributed by atoms with van der Waals surface area (Å²) in [5.74, 6) is 0.687. The van der Waals surface area contributed by atoms with Crippen molar-refractivity contribution in [1.82, 2.24) is 0 Å². The van der Waals surface area contributed by atoms with Gasteiger partial charge in [0.05, 0.1) is 5.69 Å². The number of carbonyl (C=O) groups is 1. The summed E-state index contributed by atoms with van der Waals surface area (Å²) < 4.78 is 5.32. The molecular formula is C11H12ClNO2. The van der Waals surface area contributed by atoms with E-state index in [1.54, 1.807) is 23.1 Å². The van der Waals surface area contributed by atoms with E-state index in [1.165, 1.54) is 0 Å². The van der Waals surface area contributed by atoms with Gasteiger partial charge in [-0.15, -0.1) is 0 Å². The lowest BCUT2D eigenvalue weighted by Crippen LogP contribution is -2.43. The summed E-state index contributed by atoms with van der Waals surface area (Å²) in [6.45, 7) is 4.04. The summed E-state index contributed by atoms with van der Waals surface area (Å²) in [7, 11) is 0. The minimum Gasteiger partial charge on any atom is -0.482 e. The van der Waals surface area contributed by atoms with Crippen molar-refractivity contribution in [3.8, 4) is 5.75 Å². The molecule has 1 heterocycles. The van der Waals surface area contributed by atoms with Crippen LogP contribution in [-0.2, 0) is 4.79 Å². The normalized spacial score (nSPS) is 15.2. The molecule has 1 aromatic carbocycles. The molecule has 0 saturated carbocycles. The molecule has 1 aliphatic heterocycles. The molecule has 1 aliphatic rings. The predicted octanol–water partition coefficient (Wildman–Crippen LogP) is 2.47. The highest BCUT2D eigenvalue weighted by atomic mass is 35.5. The molecule has 1 amide bonds. The Hall–Kier alpha value is -1.22. The van der Waals surface area contributed by atoms with Crippen molar-refractivity contribution in [2.75, 3.05) is 11.5 Å². The zero-order valence-corrected chi connectivity index (χ0v) is 9.41. The van der Waals surface area contributed by atoms with E-state index in [2.05, 4.69) is 0 Å². The highest BCUT2D eigenvalue weighted by molar-refractivity contribution is 6.31. The van der Waals surface area contributed by atoms with Crippen LogP contribution in [0.15, 0.2) is 18.2 Å². The maximum atomic E-state index is 11.7. The van der Waals surface area contributed by atoms with Gasteiger partial charge in [-0.1, -0.05) is 11.6 Å². The third kappa shape index (κ3) is 1.79. The number of nitrogens with zero attached hydrogens (tertiary/aromatic N) is 1. The summed E-state index contributed by atoms with van der Waals surface area (Å²) >= 11 is 5.90. The number of hydrogen-bond acceptors (Lipinski definition) is 2. The Morgan fingerprint density at radius 1 is 1.47 bits per heavy atom. The number of halogens is 1. The number of ether oxygens (including phenoxy) is 1. The highest BCUT2D eigenvalue weighted by Crippen LogP contribution is 2.35. The van der Waals surface area contributed by atoms with E-state index in [4.69, 9.17) is 16.3 Å². The van der Waals surface area contributed by atoms with Gasteiger partial charge in [-0.25, -0.2) is 0 Å². The molecule has 0 aromatic heterocycles. The summed E-state index contributed by atoms with van der Waals surface area (Å²) in [5, 5.41) is 0.609. The molecule has 0 atom stereocenters. The molecule has 0 unspecified atom stereocenters. The van der Waals surface area contributed by atoms with E-state index in [0.29, 0.717) is 10.8 Å². The fraction of sp³-hybridized carbons (Fsp3) is 0.364. The Labute approximate surface area is 93.6 Å². The van der Waals surface area contributed by atoms with Crippen LogP contribution in [-0.4, -0.2) is 18.6 Å². The van der Waals surface area contributed by atoms with Crippen LogP contribution in [0.1, 0.15) is 13.8 Å². The Balaban J connectivity index is 2.50. The van der Waals surface area contributed by atoms with Crippen LogP contribution >= 0.6 is 11.6 Å². The number of benzene rings is 1. The van der Waals surface area contributed by atoms with Crippen LogP contribution in [0.25, 0.3) is 0 Å². The molecule has 0 aliphatic carbocycles. The first kappa shape index (κ1) is 10.3. The van der Waals surface area contributed by atoms with Gasteiger partial charge in [0.25, 0.3) is 5.91 Å². The van der Waals surface area contributed by atoms with Gasteiger partial charge in [-0.2, -0.15) is 0 Å². The molecule has 1 aromatic rings. The lowest BCUT2D eigenvalue weighted by Gasteiger charge is -2.32. The maximum absolute atomic E-state index is 11.7. The fourth-order valence-corrected chi connectivity index (χ4v) is 1.88. The van der Waals surface area contributed by atoms with Gasteiger partial charge in [0, 0.05) is 11.1 Å². The van der Waals surface area contributed by atoms with Gasteiger partial charge in [0.15, 0.2) is 6.61 Å². The predicted molar refractivity (Wildman–Crippen MR) is 59.6 cm³/mol. The van der Waals surface area contributed by atoms with Crippen LogP contribution in [0.4, 0.5) is 5.69 Å². The van der Waals surface area contributed by atoms with Crippen molar-refractivity contribution >= 4 is 23.2 Å². The lowest BCUT2D eigenvalue weighted by atomic mass is 10.2. The number of fused-ring (bicyclic) bond motifs is 1. The van der Waals surface area contributed by atoms with Crippen molar-refractivity contribution in [1.29, 1.82) is 0 Å². The monoisotopic (exact) mass is 225 g/mol. The number of carbonyl (C=O) groups excluding carboxylic acids is 1. The minimum atomic E-state index is -0.0280. The molecule has 80 valence electrons. The van der Waals surface area contributed by atoms with Crippen LogP contribution in [0.2, 0.25) is 5.02 Å². The third-order valence-electron chi connectivity index (χ3n) is 2.32. The smallest absolute Gasteiger partial charge is 0.265 e. The van der Waals surface area contributed by atoms with Crippen molar-refractivity contribution in [3.63, 3.8) is 0 Å². The van der Waals surface area contributed by atoms with Gasteiger partial charge in [-0.3, -0.25) is 4.79 Å². The lowest BCUT2D eigenvalue weighted by molar-refractivity contribution is -0.121. The molecule has 3 nitrogen and oxygen atoms in total. The second-order valence-electron chi connectivity index (χ2n) is 3.76.